The summed E-state index contributed by atoms with van der Waals surface area (Å²) in [6.07, 6.45) is 3.34. The van der Waals surface area contributed by atoms with Gasteiger partial charge in [-0.1, -0.05) is 0 Å². The van der Waals surface area contributed by atoms with Gasteiger partial charge in [-0.15, -0.1) is 0 Å². The van der Waals surface area contributed by atoms with Gasteiger partial charge in [0, 0.05) is 11.8 Å². The lowest BCUT2D eigenvalue weighted by atomic mass is 10.0. The second kappa shape index (κ2) is 8.71. The van der Waals surface area contributed by atoms with Crippen LogP contribution in [0.4, 0.5) is 5.69 Å². The number of H-pyrrole nitrogens is 1. The molecule has 0 atom stereocenters. The molecular weight excluding hydrogens is 392 g/mol. The van der Waals surface area contributed by atoms with Crippen LogP contribution in [0.5, 0.6) is 11.5 Å². The summed E-state index contributed by atoms with van der Waals surface area (Å²) in [5.41, 5.74) is 3.78. The van der Waals surface area contributed by atoms with E-state index in [0.717, 1.165) is 11.3 Å². The molecule has 0 unspecified atom stereocenters. The number of benzene rings is 2. The van der Waals surface area contributed by atoms with Gasteiger partial charge in [0.2, 0.25) is 0 Å². The SMILES string of the molecule is COc1ccc(-c2[nH]n(-c3ccc(OC)cc3)c(=O)c2C(C)=Nc2cccnc2)cc1. The highest BCUT2D eigenvalue weighted by Crippen LogP contribution is 2.25. The number of aromatic nitrogens is 3. The Morgan fingerprint density at radius 1 is 0.968 bits per heavy atom. The van der Waals surface area contributed by atoms with Crippen molar-refractivity contribution in [2.24, 2.45) is 4.99 Å². The van der Waals surface area contributed by atoms with Gasteiger partial charge in [0.05, 0.1) is 48.8 Å². The zero-order valence-electron chi connectivity index (χ0n) is 17.5. The predicted molar refractivity (Wildman–Crippen MR) is 121 cm³/mol. The number of aromatic amines is 1. The Kier molecular flexibility index (Phi) is 5.66. The first-order valence-corrected chi connectivity index (χ1v) is 9.70. The van der Waals surface area contributed by atoms with E-state index in [1.807, 2.05) is 67.6 Å². The third-order valence-electron chi connectivity index (χ3n) is 4.90. The number of rotatable bonds is 6. The summed E-state index contributed by atoms with van der Waals surface area (Å²) in [4.78, 5) is 22.2. The lowest BCUT2D eigenvalue weighted by molar-refractivity contribution is 0.414. The maximum absolute atomic E-state index is 13.5. The predicted octanol–water partition coefficient (Wildman–Crippen LogP) is 4.39. The molecule has 0 saturated heterocycles. The molecule has 1 N–H and O–H groups in total. The van der Waals surface area contributed by atoms with Crippen LogP contribution in [0.2, 0.25) is 0 Å². The fourth-order valence-corrected chi connectivity index (χ4v) is 3.32. The Bertz CT molecular complexity index is 1260. The van der Waals surface area contributed by atoms with Crippen LogP contribution < -0.4 is 15.0 Å². The van der Waals surface area contributed by atoms with Gasteiger partial charge in [0.15, 0.2) is 0 Å². The summed E-state index contributed by atoms with van der Waals surface area (Å²) >= 11 is 0. The molecule has 0 aliphatic heterocycles. The Labute approximate surface area is 179 Å². The van der Waals surface area contributed by atoms with Crippen LogP contribution in [0.15, 0.2) is 82.8 Å². The number of pyridine rings is 1. The molecule has 4 aromatic rings. The molecule has 156 valence electrons. The lowest BCUT2D eigenvalue weighted by Crippen LogP contribution is -2.19. The minimum atomic E-state index is -0.193. The number of nitrogens with one attached hydrogen (secondary N) is 1. The van der Waals surface area contributed by atoms with E-state index in [4.69, 9.17) is 9.47 Å². The maximum atomic E-state index is 13.5. The van der Waals surface area contributed by atoms with E-state index in [2.05, 4.69) is 15.1 Å². The van der Waals surface area contributed by atoms with Crippen molar-refractivity contribution < 1.29 is 9.47 Å². The van der Waals surface area contributed by atoms with Crippen LogP contribution in [0.25, 0.3) is 16.9 Å². The highest BCUT2D eigenvalue weighted by atomic mass is 16.5. The van der Waals surface area contributed by atoms with Gasteiger partial charge in [-0.05, 0) is 67.6 Å². The van der Waals surface area contributed by atoms with Crippen LogP contribution in [0.1, 0.15) is 12.5 Å². The van der Waals surface area contributed by atoms with E-state index in [1.165, 1.54) is 4.68 Å². The first-order valence-electron chi connectivity index (χ1n) is 9.70. The monoisotopic (exact) mass is 414 g/mol. The van der Waals surface area contributed by atoms with Crippen molar-refractivity contribution in [2.45, 2.75) is 6.92 Å². The summed E-state index contributed by atoms with van der Waals surface area (Å²) in [6.45, 7) is 1.82. The first kappa shape index (κ1) is 20.2. The topological polar surface area (TPSA) is 81.5 Å². The third kappa shape index (κ3) is 4.11. The van der Waals surface area contributed by atoms with Crippen molar-refractivity contribution in [2.75, 3.05) is 14.2 Å². The highest BCUT2D eigenvalue weighted by Gasteiger charge is 2.19. The molecule has 0 fully saturated rings. The summed E-state index contributed by atoms with van der Waals surface area (Å²) in [7, 11) is 3.22. The Balaban J connectivity index is 1.88. The molecule has 0 aliphatic rings. The third-order valence-corrected chi connectivity index (χ3v) is 4.90. The Hall–Kier alpha value is -4.13. The molecule has 2 heterocycles. The summed E-state index contributed by atoms with van der Waals surface area (Å²) < 4.78 is 12.0. The van der Waals surface area contributed by atoms with Crippen molar-refractivity contribution in [1.29, 1.82) is 0 Å². The van der Waals surface area contributed by atoms with Crippen molar-refractivity contribution in [3.63, 3.8) is 0 Å². The van der Waals surface area contributed by atoms with Gasteiger partial charge in [-0.2, -0.15) is 0 Å². The highest BCUT2D eigenvalue weighted by molar-refractivity contribution is 6.04. The van der Waals surface area contributed by atoms with Crippen LogP contribution >= 0.6 is 0 Å². The number of hydrogen-bond acceptors (Lipinski definition) is 5. The van der Waals surface area contributed by atoms with Crippen LogP contribution in [0.3, 0.4) is 0 Å². The van der Waals surface area contributed by atoms with Crippen LogP contribution in [0, 0.1) is 0 Å². The van der Waals surface area contributed by atoms with E-state index >= 15 is 0 Å². The van der Waals surface area contributed by atoms with Crippen molar-refractivity contribution in [3.8, 4) is 28.4 Å². The van der Waals surface area contributed by atoms with Gasteiger partial charge in [0.25, 0.3) is 5.56 Å². The molecule has 0 spiro atoms. The number of aliphatic imine (C=N–C) groups is 1. The summed E-state index contributed by atoms with van der Waals surface area (Å²) in [6, 6.07) is 18.5. The van der Waals surface area contributed by atoms with Crippen molar-refractivity contribution in [3.05, 3.63) is 89.0 Å². The van der Waals surface area contributed by atoms with Crippen LogP contribution in [-0.4, -0.2) is 34.7 Å². The molecule has 0 aliphatic carbocycles. The zero-order valence-corrected chi connectivity index (χ0v) is 17.5. The molecular formula is C24H22N4O3. The Morgan fingerprint density at radius 2 is 1.61 bits per heavy atom. The molecule has 7 nitrogen and oxygen atoms in total. The molecule has 4 rings (SSSR count). The zero-order chi connectivity index (χ0) is 21.8. The van der Waals surface area contributed by atoms with E-state index in [-0.39, 0.29) is 5.56 Å². The minimum Gasteiger partial charge on any atom is -0.497 e. The van der Waals surface area contributed by atoms with Gasteiger partial charge in [-0.25, -0.2) is 4.68 Å². The standard InChI is InChI=1S/C24H22N4O3/c1-16(26-18-5-4-14-25-15-18)22-23(17-6-10-20(30-2)11-7-17)27-28(24(22)29)19-8-12-21(31-3)13-9-19/h4-15,27H,1-3H3. The lowest BCUT2D eigenvalue weighted by Gasteiger charge is -2.05. The average molecular weight is 414 g/mol. The second-order valence-corrected chi connectivity index (χ2v) is 6.84. The molecule has 2 aromatic heterocycles. The van der Waals surface area contributed by atoms with E-state index < -0.39 is 0 Å². The number of methoxy groups -OCH3 is 2. The number of ether oxygens (including phenoxy) is 2. The molecule has 0 bridgehead atoms. The molecule has 0 saturated carbocycles. The molecule has 2 aromatic carbocycles. The van der Waals surface area contributed by atoms with E-state index in [1.54, 1.807) is 26.6 Å². The van der Waals surface area contributed by atoms with Crippen LogP contribution in [-0.2, 0) is 0 Å². The average Bonchev–Trinajstić information content (AvgIpc) is 3.17. The smallest absolute Gasteiger partial charge is 0.280 e. The molecule has 0 amide bonds. The maximum Gasteiger partial charge on any atom is 0.280 e. The Morgan fingerprint density at radius 3 is 2.19 bits per heavy atom. The fraction of sp³-hybridized carbons (Fsp3) is 0.125. The van der Waals surface area contributed by atoms with E-state index in [9.17, 15) is 4.79 Å². The number of nitrogens with zero attached hydrogens (tertiary/aromatic N) is 3. The van der Waals surface area contributed by atoms with Gasteiger partial charge in [0.1, 0.15) is 11.5 Å². The van der Waals surface area contributed by atoms with Crippen molar-refractivity contribution >= 4 is 11.4 Å². The molecule has 31 heavy (non-hydrogen) atoms. The molecule has 0 radical (unpaired) electrons. The normalized spacial score (nSPS) is 11.4. The largest absolute Gasteiger partial charge is 0.497 e. The van der Waals surface area contributed by atoms with Gasteiger partial charge < -0.3 is 9.47 Å². The molecule has 7 heteroatoms. The van der Waals surface area contributed by atoms with Crippen molar-refractivity contribution in [1.82, 2.24) is 14.8 Å². The quantitative estimate of drug-likeness (QED) is 0.475. The van der Waals surface area contributed by atoms with Gasteiger partial charge >= 0.3 is 0 Å². The van der Waals surface area contributed by atoms with E-state index in [0.29, 0.717) is 34.1 Å². The first-order chi connectivity index (χ1) is 15.1. The van der Waals surface area contributed by atoms with Gasteiger partial charge in [-0.3, -0.25) is 19.9 Å². The second-order valence-electron chi connectivity index (χ2n) is 6.84. The summed E-state index contributed by atoms with van der Waals surface area (Å²) in [5.74, 6) is 1.45. The fourth-order valence-electron chi connectivity index (χ4n) is 3.32. The minimum absolute atomic E-state index is 0.193. The number of hydrogen-bond donors (Lipinski definition) is 1. The summed E-state index contributed by atoms with van der Waals surface area (Å²) in [5, 5.41) is 3.25.